The van der Waals surface area contributed by atoms with Crippen molar-refractivity contribution >= 4 is 19.8 Å². The molecule has 0 radical (unpaired) electrons. The lowest BCUT2D eigenvalue weighted by Gasteiger charge is -2.28. The zero-order valence-electron chi connectivity index (χ0n) is 38.5. The molecule has 0 heterocycles. The lowest BCUT2D eigenvalue weighted by molar-refractivity contribution is -0.870. The van der Waals surface area contributed by atoms with Crippen LogP contribution < -0.4 is 4.89 Å². The minimum Gasteiger partial charge on any atom is -0.756 e. The standard InChI is InChI=1S/C48H92NO8P/c1-6-8-10-12-14-16-18-20-22-23-24-25-27-28-30-32-34-36-38-40-47(50)54-44-46(45-56-58(52,53)55-43-42-49(3,4)5)57-48(51)41-39-37-35-33-31-29-26-21-19-17-15-13-11-9-7-2/h15,17,21,26,46H,6-14,16,18-20,22-25,27-45H2,1-5H3/b17-15-,26-21-/t46-/m1/s1. The Morgan fingerprint density at radius 2 is 0.931 bits per heavy atom. The summed E-state index contributed by atoms with van der Waals surface area (Å²) < 4.78 is 34.0. The van der Waals surface area contributed by atoms with Crippen LogP contribution in [0.4, 0.5) is 0 Å². The molecule has 0 aromatic carbocycles. The van der Waals surface area contributed by atoms with Gasteiger partial charge in [-0.05, 0) is 44.9 Å². The van der Waals surface area contributed by atoms with E-state index in [1.165, 1.54) is 128 Å². The van der Waals surface area contributed by atoms with Crippen LogP contribution >= 0.6 is 7.82 Å². The van der Waals surface area contributed by atoms with Gasteiger partial charge in [0.05, 0.1) is 27.7 Å². The highest BCUT2D eigenvalue weighted by atomic mass is 31.2. The number of quaternary nitrogens is 1. The first-order valence-electron chi connectivity index (χ1n) is 24.0. The number of allylic oxidation sites excluding steroid dienone is 4. The fourth-order valence-corrected chi connectivity index (χ4v) is 7.41. The highest BCUT2D eigenvalue weighted by Gasteiger charge is 2.21. The Morgan fingerprint density at radius 1 is 0.534 bits per heavy atom. The van der Waals surface area contributed by atoms with Gasteiger partial charge >= 0.3 is 11.9 Å². The van der Waals surface area contributed by atoms with E-state index in [0.717, 1.165) is 57.8 Å². The molecule has 0 aliphatic rings. The Hall–Kier alpha value is -1.51. The van der Waals surface area contributed by atoms with Gasteiger partial charge in [0.1, 0.15) is 19.8 Å². The number of hydrogen-bond acceptors (Lipinski definition) is 8. The van der Waals surface area contributed by atoms with Crippen molar-refractivity contribution in [2.24, 2.45) is 0 Å². The largest absolute Gasteiger partial charge is 0.756 e. The number of hydrogen-bond donors (Lipinski definition) is 0. The Morgan fingerprint density at radius 3 is 1.40 bits per heavy atom. The number of phosphoric ester groups is 1. The van der Waals surface area contributed by atoms with E-state index in [4.69, 9.17) is 18.5 Å². The molecule has 0 spiro atoms. The maximum Gasteiger partial charge on any atom is 0.306 e. The molecule has 0 N–H and O–H groups in total. The van der Waals surface area contributed by atoms with Crippen molar-refractivity contribution in [3.05, 3.63) is 24.3 Å². The number of carbonyl (C=O) groups excluding carboxylic acids is 2. The molecule has 0 amide bonds. The van der Waals surface area contributed by atoms with Crippen molar-refractivity contribution in [3.8, 4) is 0 Å². The Balaban J connectivity index is 4.27. The van der Waals surface area contributed by atoms with Gasteiger partial charge in [-0.25, -0.2) is 0 Å². The fraction of sp³-hybridized carbons (Fsp3) is 0.875. The number of unbranched alkanes of at least 4 members (excludes halogenated alkanes) is 26. The monoisotopic (exact) mass is 842 g/mol. The van der Waals surface area contributed by atoms with Crippen LogP contribution in [-0.2, 0) is 32.7 Å². The van der Waals surface area contributed by atoms with Crippen LogP contribution in [0.5, 0.6) is 0 Å². The quantitative estimate of drug-likeness (QED) is 0.0196. The van der Waals surface area contributed by atoms with Gasteiger partial charge < -0.3 is 27.9 Å². The van der Waals surface area contributed by atoms with Crippen molar-refractivity contribution in [1.82, 2.24) is 0 Å². The molecule has 0 bridgehead atoms. The summed E-state index contributed by atoms with van der Waals surface area (Å²) in [6.45, 7) is 4.21. The number of ether oxygens (including phenoxy) is 2. The summed E-state index contributed by atoms with van der Waals surface area (Å²) in [5.41, 5.74) is 0. The summed E-state index contributed by atoms with van der Waals surface area (Å²) >= 11 is 0. The van der Waals surface area contributed by atoms with Gasteiger partial charge in [-0.15, -0.1) is 0 Å². The van der Waals surface area contributed by atoms with Crippen LogP contribution in [0.1, 0.15) is 219 Å². The normalized spacial score (nSPS) is 13.7. The van der Waals surface area contributed by atoms with E-state index in [9.17, 15) is 19.0 Å². The smallest absolute Gasteiger partial charge is 0.306 e. The lowest BCUT2D eigenvalue weighted by Crippen LogP contribution is -2.37. The van der Waals surface area contributed by atoms with E-state index < -0.39 is 26.5 Å². The maximum absolute atomic E-state index is 12.7. The second-order valence-corrected chi connectivity index (χ2v) is 18.9. The van der Waals surface area contributed by atoms with Gasteiger partial charge in [0, 0.05) is 12.8 Å². The average Bonchev–Trinajstić information content (AvgIpc) is 3.17. The minimum absolute atomic E-state index is 0.0318. The van der Waals surface area contributed by atoms with E-state index >= 15 is 0 Å². The fourth-order valence-electron chi connectivity index (χ4n) is 6.69. The molecule has 0 saturated heterocycles. The van der Waals surface area contributed by atoms with Crippen LogP contribution in [-0.4, -0.2) is 70.0 Å². The maximum atomic E-state index is 12.7. The predicted molar refractivity (Wildman–Crippen MR) is 241 cm³/mol. The first-order valence-corrected chi connectivity index (χ1v) is 25.5. The third-order valence-electron chi connectivity index (χ3n) is 10.5. The van der Waals surface area contributed by atoms with E-state index in [0.29, 0.717) is 17.4 Å². The van der Waals surface area contributed by atoms with Crippen LogP contribution in [0, 0.1) is 0 Å². The first kappa shape index (κ1) is 56.5. The Kier molecular flexibility index (Phi) is 39.8. The molecule has 0 aliphatic heterocycles. The second kappa shape index (κ2) is 40.9. The molecule has 1 unspecified atom stereocenters. The second-order valence-electron chi connectivity index (χ2n) is 17.5. The van der Waals surface area contributed by atoms with Gasteiger partial charge in [0.25, 0.3) is 7.82 Å². The van der Waals surface area contributed by atoms with Crippen LogP contribution in [0.15, 0.2) is 24.3 Å². The van der Waals surface area contributed by atoms with Crippen molar-refractivity contribution in [3.63, 3.8) is 0 Å². The van der Waals surface area contributed by atoms with Gasteiger partial charge in [-0.3, -0.25) is 14.2 Å². The van der Waals surface area contributed by atoms with E-state index in [2.05, 4.69) is 38.2 Å². The van der Waals surface area contributed by atoms with Crippen molar-refractivity contribution in [2.45, 2.75) is 225 Å². The van der Waals surface area contributed by atoms with Crippen molar-refractivity contribution in [1.29, 1.82) is 0 Å². The van der Waals surface area contributed by atoms with Gasteiger partial charge in [0.15, 0.2) is 6.10 Å². The highest BCUT2D eigenvalue weighted by molar-refractivity contribution is 7.45. The number of esters is 2. The molecular formula is C48H92NO8P. The Bertz CT molecular complexity index is 1040. The zero-order chi connectivity index (χ0) is 42.8. The van der Waals surface area contributed by atoms with E-state index in [1.54, 1.807) is 0 Å². The van der Waals surface area contributed by atoms with Crippen LogP contribution in [0.25, 0.3) is 0 Å². The molecule has 0 rings (SSSR count). The summed E-state index contributed by atoms with van der Waals surface area (Å²) in [7, 11) is 1.16. The van der Waals surface area contributed by atoms with E-state index in [1.807, 2.05) is 21.1 Å². The zero-order valence-corrected chi connectivity index (χ0v) is 39.4. The number of carbonyl (C=O) groups is 2. The molecule has 0 aromatic heterocycles. The van der Waals surface area contributed by atoms with Crippen molar-refractivity contribution < 1.29 is 42.1 Å². The molecule has 0 fully saturated rings. The molecule has 0 saturated carbocycles. The average molecular weight is 842 g/mol. The van der Waals surface area contributed by atoms with Crippen LogP contribution in [0.3, 0.4) is 0 Å². The summed E-state index contributed by atoms with van der Waals surface area (Å²) in [6.07, 6.45) is 44.9. The van der Waals surface area contributed by atoms with Crippen molar-refractivity contribution in [2.75, 3.05) is 47.5 Å². The predicted octanol–water partition coefficient (Wildman–Crippen LogP) is 13.3. The third-order valence-corrected chi connectivity index (χ3v) is 11.4. The molecular weight excluding hydrogens is 750 g/mol. The molecule has 9 nitrogen and oxygen atoms in total. The van der Waals surface area contributed by atoms with Gasteiger partial charge in [-0.1, -0.05) is 186 Å². The van der Waals surface area contributed by atoms with E-state index in [-0.39, 0.29) is 32.0 Å². The third kappa shape index (κ3) is 44.1. The number of phosphoric acid groups is 1. The Labute approximate surface area is 358 Å². The summed E-state index contributed by atoms with van der Waals surface area (Å²) in [4.78, 5) is 37.6. The molecule has 342 valence electrons. The number of likely N-dealkylation sites (N-methyl/N-ethyl adjacent to an activating group) is 1. The molecule has 0 aliphatic carbocycles. The molecule has 0 aromatic rings. The summed E-state index contributed by atoms with van der Waals surface area (Å²) in [6, 6.07) is 0. The topological polar surface area (TPSA) is 111 Å². The SMILES string of the molecule is CCCCC/C=C\C/C=C\CCCCCCCC(=O)O[C@H](COC(=O)CCCCCCCCCCCCCCCCCCCCC)COP(=O)([O-])OCC[N+](C)(C)C. The first-order chi connectivity index (χ1) is 28.0. The summed E-state index contributed by atoms with van der Waals surface area (Å²) in [5, 5.41) is 0. The van der Waals surface area contributed by atoms with Crippen LogP contribution in [0.2, 0.25) is 0 Å². The lowest BCUT2D eigenvalue weighted by atomic mass is 10.0. The molecule has 10 heteroatoms. The number of nitrogens with zero attached hydrogens (tertiary/aromatic N) is 1. The highest BCUT2D eigenvalue weighted by Crippen LogP contribution is 2.38. The molecule has 2 atom stereocenters. The van der Waals surface area contributed by atoms with Gasteiger partial charge in [-0.2, -0.15) is 0 Å². The minimum atomic E-state index is -4.63. The van der Waals surface area contributed by atoms with Gasteiger partial charge in [0.2, 0.25) is 0 Å². The molecule has 58 heavy (non-hydrogen) atoms. The summed E-state index contributed by atoms with van der Waals surface area (Å²) in [5.74, 6) is -0.841. The number of rotatable bonds is 44.